The number of rotatable bonds is 5. The summed E-state index contributed by atoms with van der Waals surface area (Å²) in [6.07, 6.45) is -4.80. The maximum absolute atomic E-state index is 13.5. The summed E-state index contributed by atoms with van der Waals surface area (Å²) in [6, 6.07) is 6.50. The summed E-state index contributed by atoms with van der Waals surface area (Å²) in [5.41, 5.74) is 3.04. The molecule has 1 aromatic carbocycles. The molecule has 0 bridgehead atoms. The lowest BCUT2D eigenvalue weighted by molar-refractivity contribution is -0.199. The number of nitrogens with zero attached hydrogens (tertiary/aromatic N) is 1. The zero-order valence-electron chi connectivity index (χ0n) is 13.7. The van der Waals surface area contributed by atoms with Crippen molar-refractivity contribution < 1.29 is 27.4 Å². The number of benzene rings is 1. The standard InChI is InChI=1S/C17H18F4N2O2/c1-10-7-11(3-4-12(10)18)15-13(25-2)5-6-14(23-15)16(8-22,9-24)17(19,20)21/h3-7,24H,8-9,22H2,1-2H3. The van der Waals surface area contributed by atoms with Gasteiger partial charge in [-0.2, -0.15) is 13.2 Å². The van der Waals surface area contributed by atoms with Gasteiger partial charge >= 0.3 is 6.18 Å². The predicted octanol–water partition coefficient (Wildman–Crippen LogP) is 2.96. The van der Waals surface area contributed by atoms with E-state index in [1.54, 1.807) is 0 Å². The van der Waals surface area contributed by atoms with Crippen molar-refractivity contribution in [1.82, 2.24) is 4.98 Å². The van der Waals surface area contributed by atoms with Gasteiger partial charge in [-0.1, -0.05) is 0 Å². The van der Waals surface area contributed by atoms with Crippen molar-refractivity contribution in [1.29, 1.82) is 0 Å². The zero-order valence-corrected chi connectivity index (χ0v) is 13.7. The number of aliphatic hydroxyl groups excluding tert-OH is 1. The molecular formula is C17H18F4N2O2. The normalized spacial score (nSPS) is 14.2. The quantitative estimate of drug-likeness (QED) is 0.807. The fourth-order valence-corrected chi connectivity index (χ4v) is 2.48. The van der Waals surface area contributed by atoms with E-state index >= 15 is 0 Å². The number of pyridine rings is 1. The van der Waals surface area contributed by atoms with Gasteiger partial charge in [0.05, 0.1) is 19.4 Å². The third kappa shape index (κ3) is 3.32. The average molecular weight is 358 g/mol. The Morgan fingerprint density at radius 2 is 1.88 bits per heavy atom. The number of ether oxygens (including phenoxy) is 1. The van der Waals surface area contributed by atoms with Crippen LogP contribution < -0.4 is 10.5 Å². The number of halogens is 4. The fraction of sp³-hybridized carbons (Fsp3) is 0.353. The molecule has 8 heteroatoms. The molecule has 0 radical (unpaired) electrons. The van der Waals surface area contributed by atoms with Crippen molar-refractivity contribution in [2.24, 2.45) is 5.73 Å². The Morgan fingerprint density at radius 3 is 2.36 bits per heavy atom. The van der Waals surface area contributed by atoms with Crippen molar-refractivity contribution in [2.75, 3.05) is 20.3 Å². The molecule has 0 aliphatic rings. The van der Waals surface area contributed by atoms with Crippen LogP contribution in [0.2, 0.25) is 0 Å². The first-order chi connectivity index (χ1) is 11.7. The van der Waals surface area contributed by atoms with Gasteiger partial charge in [-0.15, -0.1) is 0 Å². The predicted molar refractivity (Wildman–Crippen MR) is 84.8 cm³/mol. The van der Waals surface area contributed by atoms with Crippen LogP contribution in [-0.2, 0) is 5.41 Å². The SMILES string of the molecule is COc1ccc(C(CN)(CO)C(F)(F)F)nc1-c1ccc(F)c(C)c1. The maximum atomic E-state index is 13.5. The minimum atomic E-state index is -4.80. The van der Waals surface area contributed by atoms with E-state index in [1.165, 1.54) is 38.3 Å². The lowest BCUT2D eigenvalue weighted by atomic mass is 9.83. The van der Waals surface area contributed by atoms with E-state index in [9.17, 15) is 22.7 Å². The smallest absolute Gasteiger partial charge is 0.403 e. The second-order valence-electron chi connectivity index (χ2n) is 5.65. The lowest BCUT2D eigenvalue weighted by Crippen LogP contribution is -2.51. The van der Waals surface area contributed by atoms with Gasteiger partial charge in [0.25, 0.3) is 0 Å². The van der Waals surface area contributed by atoms with E-state index in [-0.39, 0.29) is 11.4 Å². The van der Waals surface area contributed by atoms with Crippen molar-refractivity contribution in [3.63, 3.8) is 0 Å². The Hall–Kier alpha value is -2.19. The van der Waals surface area contributed by atoms with Gasteiger partial charge < -0.3 is 15.6 Å². The second-order valence-corrected chi connectivity index (χ2v) is 5.65. The topological polar surface area (TPSA) is 68.4 Å². The average Bonchev–Trinajstić information content (AvgIpc) is 2.57. The van der Waals surface area contributed by atoms with Crippen LogP contribution in [0.3, 0.4) is 0 Å². The summed E-state index contributed by atoms with van der Waals surface area (Å²) in [4.78, 5) is 4.06. The number of alkyl halides is 3. The van der Waals surface area contributed by atoms with Gasteiger partial charge in [-0.3, -0.25) is 0 Å². The first-order valence-electron chi connectivity index (χ1n) is 7.40. The number of hydrogen-bond acceptors (Lipinski definition) is 4. The highest BCUT2D eigenvalue weighted by Gasteiger charge is 2.56. The molecule has 0 saturated carbocycles. The Labute approximate surface area is 142 Å². The summed E-state index contributed by atoms with van der Waals surface area (Å²) in [5, 5.41) is 9.41. The first-order valence-corrected chi connectivity index (χ1v) is 7.40. The van der Waals surface area contributed by atoms with Gasteiger partial charge in [-0.25, -0.2) is 9.37 Å². The Balaban J connectivity index is 2.70. The molecule has 3 N–H and O–H groups in total. The summed E-state index contributed by atoms with van der Waals surface area (Å²) < 4.78 is 59.2. The third-order valence-electron chi connectivity index (χ3n) is 4.16. The Kier molecular flexibility index (Phi) is 5.34. The van der Waals surface area contributed by atoms with E-state index in [4.69, 9.17) is 10.5 Å². The van der Waals surface area contributed by atoms with E-state index in [1.807, 2.05) is 0 Å². The van der Waals surface area contributed by atoms with Crippen LogP contribution in [0.1, 0.15) is 11.3 Å². The van der Waals surface area contributed by atoms with Crippen molar-refractivity contribution in [3.05, 3.63) is 47.4 Å². The molecular weight excluding hydrogens is 340 g/mol. The molecule has 0 saturated heterocycles. The van der Waals surface area contributed by atoms with Gasteiger partial charge in [0.15, 0.2) is 0 Å². The highest BCUT2D eigenvalue weighted by atomic mass is 19.4. The number of nitrogens with two attached hydrogens (primary N) is 1. The number of aliphatic hydroxyl groups is 1. The molecule has 0 spiro atoms. The Bertz CT molecular complexity index is 759. The number of aromatic nitrogens is 1. The molecule has 0 aliphatic carbocycles. The van der Waals surface area contributed by atoms with Crippen LogP contribution in [-0.4, -0.2) is 36.5 Å². The zero-order chi connectivity index (χ0) is 18.8. The van der Waals surface area contributed by atoms with E-state index in [0.29, 0.717) is 11.1 Å². The van der Waals surface area contributed by atoms with Crippen molar-refractivity contribution in [3.8, 4) is 17.0 Å². The van der Waals surface area contributed by atoms with Gasteiger partial charge in [0.2, 0.25) is 0 Å². The fourth-order valence-electron chi connectivity index (χ4n) is 2.48. The van der Waals surface area contributed by atoms with Crippen LogP contribution in [0.25, 0.3) is 11.3 Å². The molecule has 1 heterocycles. The van der Waals surface area contributed by atoms with Crippen LogP contribution >= 0.6 is 0 Å². The van der Waals surface area contributed by atoms with E-state index < -0.39 is 36.3 Å². The number of hydrogen-bond donors (Lipinski definition) is 2. The second kappa shape index (κ2) is 6.97. The first kappa shape index (κ1) is 19.1. The highest BCUT2D eigenvalue weighted by molar-refractivity contribution is 5.67. The largest absolute Gasteiger partial charge is 0.494 e. The van der Waals surface area contributed by atoms with Crippen LogP contribution in [0, 0.1) is 12.7 Å². The Morgan fingerprint density at radius 1 is 1.20 bits per heavy atom. The molecule has 2 aromatic rings. The van der Waals surface area contributed by atoms with Crippen molar-refractivity contribution in [2.45, 2.75) is 18.5 Å². The molecule has 136 valence electrons. The van der Waals surface area contributed by atoms with Gasteiger partial charge in [0.1, 0.15) is 22.7 Å². The number of methoxy groups -OCH3 is 1. The maximum Gasteiger partial charge on any atom is 0.403 e. The summed E-state index contributed by atoms with van der Waals surface area (Å²) in [7, 11) is 1.35. The number of aryl methyl sites for hydroxylation is 1. The summed E-state index contributed by atoms with van der Waals surface area (Å²) in [5.74, 6) is -0.221. The lowest BCUT2D eigenvalue weighted by Gasteiger charge is -2.32. The van der Waals surface area contributed by atoms with Gasteiger partial charge in [0, 0.05) is 12.1 Å². The van der Waals surface area contributed by atoms with Crippen molar-refractivity contribution >= 4 is 0 Å². The molecule has 25 heavy (non-hydrogen) atoms. The molecule has 4 nitrogen and oxygen atoms in total. The molecule has 1 aromatic heterocycles. The molecule has 0 amide bonds. The van der Waals surface area contributed by atoms with Crippen LogP contribution in [0.15, 0.2) is 30.3 Å². The minimum Gasteiger partial charge on any atom is -0.494 e. The molecule has 2 rings (SSSR count). The minimum absolute atomic E-state index is 0.110. The molecule has 1 unspecified atom stereocenters. The van der Waals surface area contributed by atoms with Crippen LogP contribution in [0.4, 0.5) is 17.6 Å². The highest BCUT2D eigenvalue weighted by Crippen LogP contribution is 2.41. The monoisotopic (exact) mass is 358 g/mol. The van der Waals surface area contributed by atoms with E-state index in [2.05, 4.69) is 4.98 Å². The molecule has 0 aliphatic heterocycles. The van der Waals surface area contributed by atoms with Gasteiger partial charge in [-0.05, 0) is 42.8 Å². The third-order valence-corrected chi connectivity index (χ3v) is 4.16. The van der Waals surface area contributed by atoms with Crippen LogP contribution in [0.5, 0.6) is 5.75 Å². The summed E-state index contributed by atoms with van der Waals surface area (Å²) >= 11 is 0. The van der Waals surface area contributed by atoms with E-state index in [0.717, 1.165) is 6.07 Å². The summed E-state index contributed by atoms with van der Waals surface area (Å²) in [6.45, 7) is -0.578. The molecule has 1 atom stereocenters. The molecule has 0 fully saturated rings.